The summed E-state index contributed by atoms with van der Waals surface area (Å²) in [6.07, 6.45) is 13.4. The molecule has 0 unspecified atom stereocenters. The lowest BCUT2D eigenvalue weighted by Crippen LogP contribution is -2.54. The summed E-state index contributed by atoms with van der Waals surface area (Å²) in [5.74, 6) is -0.541. The predicted octanol–water partition coefficient (Wildman–Crippen LogP) is 6.84. The quantitative estimate of drug-likeness (QED) is 0.260. The Balaban J connectivity index is 1.74. The van der Waals surface area contributed by atoms with Gasteiger partial charge < -0.3 is 19.3 Å². The van der Waals surface area contributed by atoms with Crippen molar-refractivity contribution in [3.63, 3.8) is 0 Å². The minimum absolute atomic E-state index is 0.0252. The van der Waals surface area contributed by atoms with Gasteiger partial charge in [0.2, 0.25) is 0 Å². The van der Waals surface area contributed by atoms with Crippen molar-refractivity contribution >= 4 is 17.8 Å². The maximum Gasteiger partial charge on any atom is 0.339 e. The van der Waals surface area contributed by atoms with Crippen LogP contribution < -0.4 is 0 Å². The fourth-order valence-corrected chi connectivity index (χ4v) is 6.02. The molecule has 38 heavy (non-hydrogen) atoms. The molecule has 1 aromatic carbocycles. The second-order valence-corrected chi connectivity index (χ2v) is 11.5. The van der Waals surface area contributed by atoms with Crippen LogP contribution in [0.25, 0.3) is 5.57 Å². The molecule has 2 bridgehead atoms. The van der Waals surface area contributed by atoms with Gasteiger partial charge in [0, 0.05) is 30.4 Å². The van der Waals surface area contributed by atoms with Gasteiger partial charge in [0.25, 0.3) is 0 Å². The number of aromatic hydroxyl groups is 1. The van der Waals surface area contributed by atoms with Gasteiger partial charge in [0.1, 0.15) is 11.9 Å². The zero-order valence-corrected chi connectivity index (χ0v) is 23.4. The predicted molar refractivity (Wildman–Crippen MR) is 148 cm³/mol. The number of carbonyl (C=O) groups is 2. The molecule has 1 N–H and O–H groups in total. The SMILES string of the molecule is CC[C@H]1O[C@]2(CC[C@@H]1C)C[C@@H]1C[C@@H](C/C=C(\C)C[C@@H](C)/C=C/C=C(\C=O)c3cc(O)c(C)cc3C(=O)O1)O2. The average molecular weight is 523 g/mol. The first-order valence-electron chi connectivity index (χ1n) is 14.0. The van der Waals surface area contributed by atoms with E-state index in [2.05, 4.69) is 33.8 Å². The van der Waals surface area contributed by atoms with Gasteiger partial charge in [-0.15, -0.1) is 0 Å². The standard InChI is InChI=1S/C32H42O6/c1-6-30-22(4)12-13-32(38-30)18-26-16-25(37-32)11-10-21(3)14-20(2)8-7-9-24(19-33)27-17-29(34)23(5)15-28(27)31(35)36-26/h7-10,15,17,19-20,22,25-26,30,34H,6,11-14,16,18H2,1-5H3/b8-7+,21-10+,24-9+/t20-,22-,25+,26-,30+,32+/m0/s1. The summed E-state index contributed by atoms with van der Waals surface area (Å²) in [5, 5.41) is 10.4. The van der Waals surface area contributed by atoms with Crippen molar-refractivity contribution in [1.29, 1.82) is 0 Å². The highest BCUT2D eigenvalue weighted by molar-refractivity contribution is 6.12. The third-order valence-corrected chi connectivity index (χ3v) is 8.19. The molecular weight excluding hydrogens is 480 g/mol. The van der Waals surface area contributed by atoms with E-state index in [1.54, 1.807) is 19.1 Å². The minimum atomic E-state index is -0.772. The summed E-state index contributed by atoms with van der Waals surface area (Å²) in [7, 11) is 0. The van der Waals surface area contributed by atoms with Crippen LogP contribution in [0.3, 0.4) is 0 Å². The van der Waals surface area contributed by atoms with Gasteiger partial charge in [-0.3, -0.25) is 4.79 Å². The molecule has 3 heterocycles. The van der Waals surface area contributed by atoms with Gasteiger partial charge in [-0.1, -0.05) is 50.6 Å². The number of aryl methyl sites for hydroxylation is 1. The lowest BCUT2D eigenvalue weighted by molar-refractivity contribution is -0.334. The highest BCUT2D eigenvalue weighted by Gasteiger charge is 2.48. The van der Waals surface area contributed by atoms with Crippen molar-refractivity contribution < 1.29 is 28.9 Å². The Labute approximate surface area is 226 Å². The van der Waals surface area contributed by atoms with Crippen LogP contribution in [0.5, 0.6) is 5.75 Å². The third-order valence-electron chi connectivity index (χ3n) is 8.19. The van der Waals surface area contributed by atoms with Crippen molar-refractivity contribution in [2.24, 2.45) is 11.8 Å². The number of aldehydes is 1. The maximum absolute atomic E-state index is 13.6. The zero-order valence-electron chi connectivity index (χ0n) is 23.4. The van der Waals surface area contributed by atoms with Crippen LogP contribution >= 0.6 is 0 Å². The van der Waals surface area contributed by atoms with Gasteiger partial charge >= 0.3 is 5.97 Å². The second kappa shape index (κ2) is 12.0. The van der Waals surface area contributed by atoms with E-state index in [1.807, 2.05) is 12.2 Å². The molecule has 6 atom stereocenters. The van der Waals surface area contributed by atoms with E-state index >= 15 is 0 Å². The number of rotatable bonds is 2. The number of carbonyl (C=O) groups excluding carboxylic acids is 2. The Hall–Kier alpha value is -2.70. The Kier molecular flexibility index (Phi) is 8.94. The van der Waals surface area contributed by atoms with Gasteiger partial charge in [0.15, 0.2) is 12.1 Å². The van der Waals surface area contributed by atoms with Crippen LogP contribution in [0.2, 0.25) is 0 Å². The Morgan fingerprint density at radius 1 is 1.13 bits per heavy atom. The molecule has 2 fully saturated rings. The summed E-state index contributed by atoms with van der Waals surface area (Å²) in [6, 6.07) is 3.08. The van der Waals surface area contributed by atoms with E-state index in [9.17, 15) is 14.7 Å². The first-order chi connectivity index (χ1) is 18.1. The molecule has 6 nitrogen and oxygen atoms in total. The first-order valence-corrected chi connectivity index (χ1v) is 14.0. The van der Waals surface area contributed by atoms with Crippen molar-refractivity contribution in [2.75, 3.05) is 0 Å². The normalized spacial score (nSPS) is 36.2. The number of phenolic OH excluding ortho intramolecular Hbond substituents is 1. The van der Waals surface area contributed by atoms with E-state index in [0.29, 0.717) is 41.7 Å². The number of ether oxygens (including phenoxy) is 3. The zero-order chi connectivity index (χ0) is 27.4. The Morgan fingerprint density at radius 2 is 1.92 bits per heavy atom. The van der Waals surface area contributed by atoms with Crippen molar-refractivity contribution in [3.8, 4) is 5.75 Å². The number of fused-ring (bicyclic) bond motifs is 3. The van der Waals surface area contributed by atoms with E-state index in [4.69, 9.17) is 14.2 Å². The summed E-state index contributed by atoms with van der Waals surface area (Å²) < 4.78 is 19.4. The number of esters is 1. The second-order valence-electron chi connectivity index (χ2n) is 11.5. The molecule has 1 aromatic rings. The number of allylic oxidation sites excluding steroid dienone is 5. The molecule has 6 heteroatoms. The minimum Gasteiger partial charge on any atom is -0.508 e. The van der Waals surface area contributed by atoms with Crippen LogP contribution in [-0.4, -0.2) is 41.5 Å². The van der Waals surface area contributed by atoms with E-state index in [0.717, 1.165) is 32.1 Å². The van der Waals surface area contributed by atoms with Gasteiger partial charge in [0.05, 0.1) is 17.8 Å². The summed E-state index contributed by atoms with van der Waals surface area (Å²) >= 11 is 0. The number of hydrogen-bond acceptors (Lipinski definition) is 6. The summed E-state index contributed by atoms with van der Waals surface area (Å²) in [4.78, 5) is 25.7. The summed E-state index contributed by atoms with van der Waals surface area (Å²) in [5.41, 5.74) is 2.75. The molecule has 0 amide bonds. The van der Waals surface area contributed by atoms with Gasteiger partial charge in [-0.25, -0.2) is 4.79 Å². The number of benzene rings is 1. The Bertz CT molecular complexity index is 1130. The molecule has 3 aliphatic heterocycles. The maximum atomic E-state index is 13.6. The average Bonchev–Trinajstić information content (AvgIpc) is 2.88. The number of phenols is 1. The lowest BCUT2D eigenvalue weighted by atomic mass is 9.85. The van der Waals surface area contributed by atoms with E-state index in [-0.39, 0.29) is 29.4 Å². The van der Waals surface area contributed by atoms with Crippen LogP contribution in [0.15, 0.2) is 42.0 Å². The third kappa shape index (κ3) is 6.47. The van der Waals surface area contributed by atoms with Crippen LogP contribution in [-0.2, 0) is 19.0 Å². The van der Waals surface area contributed by atoms with Crippen molar-refractivity contribution in [1.82, 2.24) is 0 Å². The fourth-order valence-electron chi connectivity index (χ4n) is 6.02. The van der Waals surface area contributed by atoms with Gasteiger partial charge in [-0.05, 0) is 69.1 Å². The molecule has 3 aliphatic rings. The van der Waals surface area contributed by atoms with Crippen molar-refractivity contribution in [3.05, 3.63) is 58.7 Å². The molecule has 2 saturated heterocycles. The van der Waals surface area contributed by atoms with Crippen LogP contribution in [0, 0.1) is 18.8 Å². The first kappa shape index (κ1) is 28.3. The summed E-state index contributed by atoms with van der Waals surface area (Å²) in [6.45, 7) is 10.3. The largest absolute Gasteiger partial charge is 0.508 e. The molecule has 0 aliphatic carbocycles. The highest BCUT2D eigenvalue weighted by atomic mass is 16.7. The Morgan fingerprint density at radius 3 is 2.66 bits per heavy atom. The van der Waals surface area contributed by atoms with Crippen LogP contribution in [0.4, 0.5) is 0 Å². The van der Waals surface area contributed by atoms with Gasteiger partial charge in [-0.2, -0.15) is 0 Å². The molecular formula is C32H42O6. The molecule has 0 aromatic heterocycles. The van der Waals surface area contributed by atoms with E-state index < -0.39 is 17.9 Å². The van der Waals surface area contributed by atoms with Crippen molar-refractivity contribution in [2.45, 2.75) is 104 Å². The monoisotopic (exact) mass is 522 g/mol. The molecule has 4 rings (SSSR count). The molecule has 206 valence electrons. The smallest absolute Gasteiger partial charge is 0.339 e. The highest BCUT2D eigenvalue weighted by Crippen LogP contribution is 2.43. The fraction of sp³-hybridized carbons (Fsp3) is 0.562. The topological polar surface area (TPSA) is 82.1 Å². The molecule has 1 spiro atoms. The van der Waals surface area contributed by atoms with Crippen LogP contribution in [0.1, 0.15) is 94.1 Å². The van der Waals surface area contributed by atoms with E-state index in [1.165, 1.54) is 11.6 Å². The molecule has 0 radical (unpaired) electrons. The lowest BCUT2D eigenvalue weighted by Gasteiger charge is -2.49. The number of hydrogen-bond donors (Lipinski definition) is 1. The molecule has 0 saturated carbocycles.